The third-order valence-corrected chi connectivity index (χ3v) is 3.08. The lowest BCUT2D eigenvalue weighted by molar-refractivity contribution is 0.0954. The molecule has 1 aromatic carbocycles. The fourth-order valence-corrected chi connectivity index (χ4v) is 1.93. The Labute approximate surface area is 119 Å². The van der Waals surface area contributed by atoms with Crippen LogP contribution in [0.15, 0.2) is 23.3 Å². The Morgan fingerprint density at radius 3 is 3.00 bits per heavy atom. The molecular formula is C15H20N2O3. The number of benzene rings is 1. The SMILES string of the molecule is CCCCCCC=NNC(=O)c1ccc2c(c1)OCO2. The van der Waals surface area contributed by atoms with Gasteiger partial charge in [-0.3, -0.25) is 4.79 Å². The van der Waals surface area contributed by atoms with Crippen LogP contribution in [-0.4, -0.2) is 18.9 Å². The van der Waals surface area contributed by atoms with Gasteiger partial charge >= 0.3 is 0 Å². The first-order chi connectivity index (χ1) is 9.81. The van der Waals surface area contributed by atoms with E-state index < -0.39 is 0 Å². The number of carbonyl (C=O) groups excluding carboxylic acids is 1. The average Bonchev–Trinajstić information content (AvgIpc) is 2.93. The van der Waals surface area contributed by atoms with Gasteiger partial charge in [-0.25, -0.2) is 5.43 Å². The van der Waals surface area contributed by atoms with Crippen molar-refractivity contribution < 1.29 is 14.3 Å². The maximum atomic E-state index is 11.9. The Kier molecular flexibility index (Phi) is 5.41. The summed E-state index contributed by atoms with van der Waals surface area (Å²) in [5.41, 5.74) is 3.03. The molecule has 1 aliphatic heterocycles. The lowest BCUT2D eigenvalue weighted by Crippen LogP contribution is -2.17. The maximum absolute atomic E-state index is 11.9. The molecule has 0 bridgehead atoms. The number of ether oxygens (including phenoxy) is 2. The van der Waals surface area contributed by atoms with Gasteiger partial charge in [0.1, 0.15) is 0 Å². The summed E-state index contributed by atoms with van der Waals surface area (Å²) in [7, 11) is 0. The van der Waals surface area contributed by atoms with E-state index >= 15 is 0 Å². The Morgan fingerprint density at radius 2 is 2.15 bits per heavy atom. The number of hydrogen-bond donors (Lipinski definition) is 1. The van der Waals surface area contributed by atoms with Crippen LogP contribution in [0.25, 0.3) is 0 Å². The minimum absolute atomic E-state index is 0.205. The minimum atomic E-state index is -0.242. The molecule has 0 atom stereocenters. The number of hydrazone groups is 1. The zero-order chi connectivity index (χ0) is 14.2. The number of nitrogens with zero attached hydrogens (tertiary/aromatic N) is 1. The van der Waals surface area contributed by atoms with Gasteiger partial charge in [-0.2, -0.15) is 5.10 Å². The predicted molar refractivity (Wildman–Crippen MR) is 77.3 cm³/mol. The Morgan fingerprint density at radius 1 is 1.30 bits per heavy atom. The van der Waals surface area contributed by atoms with Gasteiger partial charge in [0.15, 0.2) is 11.5 Å². The monoisotopic (exact) mass is 276 g/mol. The highest BCUT2D eigenvalue weighted by atomic mass is 16.7. The third-order valence-electron chi connectivity index (χ3n) is 3.08. The van der Waals surface area contributed by atoms with E-state index in [4.69, 9.17) is 9.47 Å². The summed E-state index contributed by atoms with van der Waals surface area (Å²) >= 11 is 0. The van der Waals surface area contributed by atoms with Gasteiger partial charge in [0, 0.05) is 11.8 Å². The molecule has 1 aromatic rings. The molecule has 1 aliphatic rings. The molecular weight excluding hydrogens is 256 g/mol. The number of carbonyl (C=O) groups is 1. The first-order valence-corrected chi connectivity index (χ1v) is 7.02. The second-order valence-corrected chi connectivity index (χ2v) is 4.67. The van der Waals surface area contributed by atoms with E-state index in [1.54, 1.807) is 24.4 Å². The summed E-state index contributed by atoms with van der Waals surface area (Å²) in [5.74, 6) is 1.02. The van der Waals surface area contributed by atoms with Gasteiger partial charge in [-0.1, -0.05) is 26.2 Å². The standard InChI is InChI=1S/C15H20N2O3/c1-2-3-4-5-6-9-16-17-15(18)12-7-8-13-14(10-12)20-11-19-13/h7-10H,2-6,11H2,1H3,(H,17,18). The quantitative estimate of drug-likeness (QED) is 0.473. The zero-order valence-corrected chi connectivity index (χ0v) is 11.7. The van der Waals surface area contributed by atoms with Crippen molar-refractivity contribution in [2.75, 3.05) is 6.79 Å². The van der Waals surface area contributed by atoms with Crippen LogP contribution in [0.5, 0.6) is 11.5 Å². The summed E-state index contributed by atoms with van der Waals surface area (Å²) < 4.78 is 10.4. The Balaban J connectivity index is 1.76. The van der Waals surface area contributed by atoms with Gasteiger partial charge in [0.25, 0.3) is 5.91 Å². The molecule has 0 fully saturated rings. The topological polar surface area (TPSA) is 59.9 Å². The van der Waals surface area contributed by atoms with Crippen molar-refractivity contribution in [2.24, 2.45) is 5.10 Å². The highest BCUT2D eigenvalue weighted by Gasteiger charge is 2.15. The van der Waals surface area contributed by atoms with Crippen molar-refractivity contribution in [3.05, 3.63) is 23.8 Å². The van der Waals surface area contributed by atoms with E-state index in [0.717, 1.165) is 12.8 Å². The molecule has 0 radical (unpaired) electrons. The molecule has 1 amide bonds. The van der Waals surface area contributed by atoms with E-state index in [1.165, 1.54) is 19.3 Å². The second kappa shape index (κ2) is 7.53. The van der Waals surface area contributed by atoms with Crippen LogP contribution in [0.2, 0.25) is 0 Å². The number of unbranched alkanes of at least 4 members (excludes halogenated alkanes) is 4. The molecule has 0 saturated carbocycles. The Bertz CT molecular complexity index is 486. The summed E-state index contributed by atoms with van der Waals surface area (Å²) in [6.45, 7) is 2.38. The molecule has 5 heteroatoms. The van der Waals surface area contributed by atoms with Crippen molar-refractivity contribution in [3.8, 4) is 11.5 Å². The third kappa shape index (κ3) is 3.98. The van der Waals surface area contributed by atoms with E-state index in [0.29, 0.717) is 17.1 Å². The first-order valence-electron chi connectivity index (χ1n) is 7.02. The van der Waals surface area contributed by atoms with E-state index in [1.807, 2.05) is 0 Å². The van der Waals surface area contributed by atoms with E-state index in [2.05, 4.69) is 17.5 Å². The van der Waals surface area contributed by atoms with Crippen molar-refractivity contribution in [1.82, 2.24) is 5.43 Å². The van der Waals surface area contributed by atoms with E-state index in [9.17, 15) is 4.79 Å². The Hall–Kier alpha value is -2.04. The van der Waals surface area contributed by atoms with Crippen LogP contribution in [0.3, 0.4) is 0 Å². The van der Waals surface area contributed by atoms with Crippen LogP contribution < -0.4 is 14.9 Å². The van der Waals surface area contributed by atoms with Crippen LogP contribution in [0.4, 0.5) is 0 Å². The van der Waals surface area contributed by atoms with Crippen LogP contribution in [0.1, 0.15) is 49.4 Å². The van der Waals surface area contributed by atoms with E-state index in [-0.39, 0.29) is 12.7 Å². The highest BCUT2D eigenvalue weighted by Crippen LogP contribution is 2.32. The molecule has 0 spiro atoms. The smallest absolute Gasteiger partial charge is 0.271 e. The van der Waals surface area contributed by atoms with Crippen LogP contribution in [-0.2, 0) is 0 Å². The predicted octanol–water partition coefficient (Wildman–Crippen LogP) is 3.10. The lowest BCUT2D eigenvalue weighted by atomic mass is 10.2. The fraction of sp³-hybridized carbons (Fsp3) is 0.467. The number of nitrogens with one attached hydrogen (secondary N) is 1. The molecule has 108 valence electrons. The molecule has 1 heterocycles. The molecule has 5 nitrogen and oxygen atoms in total. The molecule has 0 aromatic heterocycles. The summed E-state index contributed by atoms with van der Waals surface area (Å²) in [5, 5.41) is 3.94. The summed E-state index contributed by atoms with van der Waals surface area (Å²) in [4.78, 5) is 11.9. The summed E-state index contributed by atoms with van der Waals surface area (Å²) in [6, 6.07) is 5.08. The molecule has 0 saturated heterocycles. The van der Waals surface area contributed by atoms with Crippen LogP contribution in [0, 0.1) is 0 Å². The number of amides is 1. The van der Waals surface area contributed by atoms with Crippen LogP contribution >= 0.6 is 0 Å². The number of rotatable bonds is 7. The van der Waals surface area contributed by atoms with Crippen molar-refractivity contribution >= 4 is 12.1 Å². The first kappa shape index (κ1) is 14.4. The summed E-state index contributed by atoms with van der Waals surface area (Å²) in [6.07, 6.45) is 7.42. The molecule has 2 rings (SSSR count). The second-order valence-electron chi connectivity index (χ2n) is 4.67. The largest absolute Gasteiger partial charge is 0.454 e. The zero-order valence-electron chi connectivity index (χ0n) is 11.7. The number of fused-ring (bicyclic) bond motifs is 1. The molecule has 0 unspecified atom stereocenters. The van der Waals surface area contributed by atoms with Gasteiger partial charge in [0.2, 0.25) is 6.79 Å². The highest BCUT2D eigenvalue weighted by molar-refractivity contribution is 5.95. The van der Waals surface area contributed by atoms with Gasteiger partial charge in [0.05, 0.1) is 0 Å². The molecule has 20 heavy (non-hydrogen) atoms. The minimum Gasteiger partial charge on any atom is -0.454 e. The fourth-order valence-electron chi connectivity index (χ4n) is 1.93. The maximum Gasteiger partial charge on any atom is 0.271 e. The van der Waals surface area contributed by atoms with Gasteiger partial charge in [-0.15, -0.1) is 0 Å². The normalized spacial score (nSPS) is 12.8. The van der Waals surface area contributed by atoms with Gasteiger partial charge in [-0.05, 0) is 31.0 Å². The molecule has 1 N–H and O–H groups in total. The van der Waals surface area contributed by atoms with Gasteiger partial charge < -0.3 is 9.47 Å². The number of hydrogen-bond acceptors (Lipinski definition) is 4. The van der Waals surface area contributed by atoms with Crippen molar-refractivity contribution in [3.63, 3.8) is 0 Å². The lowest BCUT2D eigenvalue weighted by Gasteiger charge is -2.01. The van der Waals surface area contributed by atoms with Crippen molar-refractivity contribution in [2.45, 2.75) is 39.0 Å². The average molecular weight is 276 g/mol. The van der Waals surface area contributed by atoms with Crippen molar-refractivity contribution in [1.29, 1.82) is 0 Å². The molecule has 0 aliphatic carbocycles.